The molecule has 0 aliphatic carbocycles. The van der Waals surface area contributed by atoms with Gasteiger partial charge in [0, 0.05) is 11.3 Å². The van der Waals surface area contributed by atoms with E-state index in [1.807, 2.05) is 0 Å². The Morgan fingerprint density at radius 2 is 1.72 bits per heavy atom. The number of para-hydroxylation sites is 1. The third-order valence-electron chi connectivity index (χ3n) is 3.93. The number of rotatable bonds is 2. The number of carbonyl (C=O) groups is 1. The minimum atomic E-state index is -4.76. The van der Waals surface area contributed by atoms with Crippen molar-refractivity contribution in [2.24, 2.45) is 5.10 Å². The maximum absolute atomic E-state index is 13.1. The molecule has 1 amide bonds. The Morgan fingerprint density at radius 1 is 1.12 bits per heavy atom. The smallest absolute Gasteiger partial charge is 0.398 e. The van der Waals surface area contributed by atoms with Crippen LogP contribution in [0.2, 0.25) is 0 Å². The first-order chi connectivity index (χ1) is 11.7. The van der Waals surface area contributed by atoms with Gasteiger partial charge < -0.3 is 10.8 Å². The largest absolute Gasteiger partial charge is 0.431 e. The number of hydrogen-bond donors (Lipinski definition) is 2. The van der Waals surface area contributed by atoms with Crippen molar-refractivity contribution in [2.45, 2.75) is 18.3 Å². The van der Waals surface area contributed by atoms with Gasteiger partial charge in [-0.25, -0.2) is 0 Å². The van der Waals surface area contributed by atoms with Crippen molar-refractivity contribution in [2.75, 3.05) is 5.73 Å². The predicted octanol–water partition coefficient (Wildman–Crippen LogP) is 2.88. The first-order valence-electron chi connectivity index (χ1n) is 7.35. The van der Waals surface area contributed by atoms with E-state index in [0.717, 1.165) is 0 Å². The van der Waals surface area contributed by atoms with Gasteiger partial charge in [-0.1, -0.05) is 42.5 Å². The van der Waals surface area contributed by atoms with Crippen LogP contribution in [0.4, 0.5) is 18.9 Å². The molecular weight excluding hydrogens is 335 g/mol. The second kappa shape index (κ2) is 5.89. The summed E-state index contributed by atoms with van der Waals surface area (Å²) in [6.45, 7) is 0. The van der Waals surface area contributed by atoms with Gasteiger partial charge in [-0.3, -0.25) is 4.79 Å². The van der Waals surface area contributed by atoms with Crippen LogP contribution in [-0.2, 0) is 5.72 Å². The molecule has 0 saturated carbocycles. The predicted molar refractivity (Wildman–Crippen MR) is 85.5 cm³/mol. The molecular formula is C17H14F3N3O2. The van der Waals surface area contributed by atoms with E-state index in [2.05, 4.69) is 5.10 Å². The summed E-state index contributed by atoms with van der Waals surface area (Å²) in [6.07, 6.45) is -5.63. The molecule has 130 valence electrons. The van der Waals surface area contributed by atoms with E-state index >= 15 is 0 Å². The number of aliphatic hydroxyl groups is 1. The van der Waals surface area contributed by atoms with Crippen molar-refractivity contribution in [3.05, 3.63) is 65.7 Å². The Labute approximate surface area is 141 Å². The van der Waals surface area contributed by atoms with Gasteiger partial charge in [-0.05, 0) is 12.1 Å². The van der Waals surface area contributed by atoms with Crippen molar-refractivity contribution < 1.29 is 23.1 Å². The second-order valence-corrected chi connectivity index (χ2v) is 5.61. The number of alkyl halides is 3. The van der Waals surface area contributed by atoms with E-state index in [9.17, 15) is 23.1 Å². The van der Waals surface area contributed by atoms with Crippen molar-refractivity contribution in [1.29, 1.82) is 0 Å². The fraction of sp³-hybridized carbons (Fsp3) is 0.176. The second-order valence-electron chi connectivity index (χ2n) is 5.61. The quantitative estimate of drug-likeness (QED) is 0.819. The lowest BCUT2D eigenvalue weighted by atomic mass is 9.96. The summed E-state index contributed by atoms with van der Waals surface area (Å²) in [5.41, 5.74) is 2.43. The molecule has 0 spiro atoms. The lowest BCUT2D eigenvalue weighted by Crippen LogP contribution is -2.44. The highest BCUT2D eigenvalue weighted by atomic mass is 19.4. The molecule has 0 radical (unpaired) electrons. The summed E-state index contributed by atoms with van der Waals surface area (Å²) in [5, 5.41) is 14.8. The van der Waals surface area contributed by atoms with Crippen LogP contribution >= 0.6 is 0 Å². The SMILES string of the molecule is Nc1ccccc1C(=O)N1N=C(C(F)(F)F)CC1(O)c1ccccc1. The molecule has 8 heteroatoms. The van der Waals surface area contributed by atoms with Gasteiger partial charge >= 0.3 is 6.18 Å². The van der Waals surface area contributed by atoms with Crippen LogP contribution in [0.25, 0.3) is 0 Å². The van der Waals surface area contributed by atoms with Gasteiger partial charge in [0.15, 0.2) is 5.72 Å². The van der Waals surface area contributed by atoms with Crippen LogP contribution in [0.15, 0.2) is 59.7 Å². The molecule has 0 fully saturated rings. The zero-order valence-corrected chi connectivity index (χ0v) is 12.9. The highest BCUT2D eigenvalue weighted by Crippen LogP contribution is 2.40. The highest BCUT2D eigenvalue weighted by molar-refractivity contribution is 6.02. The topological polar surface area (TPSA) is 78.9 Å². The normalized spacial score (nSPS) is 20.5. The number of anilines is 1. The number of nitrogens with two attached hydrogens (primary N) is 1. The number of carbonyl (C=O) groups excluding carboxylic acids is 1. The van der Waals surface area contributed by atoms with Crippen molar-refractivity contribution in [1.82, 2.24) is 5.01 Å². The van der Waals surface area contributed by atoms with Gasteiger partial charge in [-0.2, -0.15) is 23.3 Å². The van der Waals surface area contributed by atoms with Crippen LogP contribution in [0, 0.1) is 0 Å². The van der Waals surface area contributed by atoms with Crippen LogP contribution < -0.4 is 5.73 Å². The van der Waals surface area contributed by atoms with E-state index < -0.39 is 29.9 Å². The maximum Gasteiger partial charge on any atom is 0.431 e. The molecule has 1 unspecified atom stereocenters. The molecule has 3 rings (SSSR count). The van der Waals surface area contributed by atoms with E-state index in [4.69, 9.17) is 5.73 Å². The first kappa shape index (κ1) is 17.0. The number of nitrogen functional groups attached to an aromatic ring is 1. The molecule has 2 aromatic rings. The average Bonchev–Trinajstić information content (AvgIpc) is 2.95. The molecule has 2 aromatic carbocycles. The monoisotopic (exact) mass is 349 g/mol. The Balaban J connectivity index is 2.10. The number of hydrazone groups is 1. The summed E-state index contributed by atoms with van der Waals surface area (Å²) in [5.74, 6) is -0.913. The van der Waals surface area contributed by atoms with Gasteiger partial charge in [0.25, 0.3) is 5.91 Å². The lowest BCUT2D eigenvalue weighted by Gasteiger charge is -2.31. The Bertz CT molecular complexity index is 837. The molecule has 3 N–H and O–H groups in total. The minimum Gasteiger partial charge on any atom is -0.398 e. The minimum absolute atomic E-state index is 0.0379. The molecule has 5 nitrogen and oxygen atoms in total. The van der Waals surface area contributed by atoms with E-state index in [1.54, 1.807) is 24.3 Å². The van der Waals surface area contributed by atoms with E-state index in [0.29, 0.717) is 5.01 Å². The number of halogens is 3. The Morgan fingerprint density at radius 3 is 2.32 bits per heavy atom. The average molecular weight is 349 g/mol. The molecule has 1 heterocycles. The van der Waals surface area contributed by atoms with Crippen molar-refractivity contribution in [3.8, 4) is 0 Å². The number of amides is 1. The molecule has 0 bridgehead atoms. The number of nitrogens with zero attached hydrogens (tertiary/aromatic N) is 2. The fourth-order valence-electron chi connectivity index (χ4n) is 2.65. The summed E-state index contributed by atoms with van der Waals surface area (Å²) < 4.78 is 39.4. The summed E-state index contributed by atoms with van der Waals surface area (Å²) >= 11 is 0. The van der Waals surface area contributed by atoms with Gasteiger partial charge in [-0.15, -0.1) is 0 Å². The highest BCUT2D eigenvalue weighted by Gasteiger charge is 2.53. The van der Waals surface area contributed by atoms with Gasteiger partial charge in [0.2, 0.25) is 0 Å². The summed E-state index contributed by atoms with van der Waals surface area (Å²) in [6, 6.07) is 13.5. The van der Waals surface area contributed by atoms with Gasteiger partial charge in [0.05, 0.1) is 12.0 Å². The molecule has 0 saturated heterocycles. The number of benzene rings is 2. The van der Waals surface area contributed by atoms with Crippen LogP contribution in [-0.4, -0.2) is 27.9 Å². The fourth-order valence-corrected chi connectivity index (χ4v) is 2.65. The third kappa shape index (κ3) is 2.96. The van der Waals surface area contributed by atoms with E-state index in [-0.39, 0.29) is 16.8 Å². The Hall–Kier alpha value is -2.87. The van der Waals surface area contributed by atoms with Crippen LogP contribution in [0.3, 0.4) is 0 Å². The van der Waals surface area contributed by atoms with E-state index in [1.165, 1.54) is 30.3 Å². The summed E-state index contributed by atoms with van der Waals surface area (Å²) in [7, 11) is 0. The first-order valence-corrected chi connectivity index (χ1v) is 7.35. The third-order valence-corrected chi connectivity index (χ3v) is 3.93. The van der Waals surface area contributed by atoms with Crippen LogP contribution in [0.5, 0.6) is 0 Å². The van der Waals surface area contributed by atoms with Crippen molar-refractivity contribution >= 4 is 17.3 Å². The number of hydrogen-bond acceptors (Lipinski definition) is 4. The Kier molecular flexibility index (Phi) is 4.00. The molecule has 1 atom stereocenters. The molecule has 1 aliphatic heterocycles. The summed E-state index contributed by atoms with van der Waals surface area (Å²) in [4.78, 5) is 12.7. The van der Waals surface area contributed by atoms with Gasteiger partial charge in [0.1, 0.15) is 5.71 Å². The molecule has 0 aromatic heterocycles. The molecule has 1 aliphatic rings. The van der Waals surface area contributed by atoms with Crippen LogP contribution in [0.1, 0.15) is 22.3 Å². The zero-order chi connectivity index (χ0) is 18.2. The standard InChI is InChI=1S/C17H14F3N3O2/c18-17(19,20)14-10-16(25,11-6-2-1-3-7-11)23(22-14)15(24)12-8-4-5-9-13(12)21/h1-9,25H,10,21H2. The zero-order valence-electron chi connectivity index (χ0n) is 12.9. The lowest BCUT2D eigenvalue weighted by molar-refractivity contribution is -0.0815. The maximum atomic E-state index is 13.1. The molecule has 25 heavy (non-hydrogen) atoms. The van der Waals surface area contributed by atoms with Crippen molar-refractivity contribution in [3.63, 3.8) is 0 Å².